The number of ether oxygens (including phenoxy) is 1. The Bertz CT molecular complexity index is 1320. The third-order valence-electron chi connectivity index (χ3n) is 7.68. The summed E-state index contributed by atoms with van der Waals surface area (Å²) in [6, 6.07) is 8.90. The maximum absolute atomic E-state index is 15.0. The lowest BCUT2D eigenvalue weighted by molar-refractivity contribution is -0.120. The molecule has 1 amide bonds. The van der Waals surface area contributed by atoms with E-state index in [0.29, 0.717) is 48.3 Å². The lowest BCUT2D eigenvalue weighted by Crippen LogP contribution is -2.51. The Morgan fingerprint density at radius 1 is 1.14 bits per heavy atom. The number of carbonyl (C=O) groups excluding carboxylic acids is 1. The van der Waals surface area contributed by atoms with E-state index < -0.39 is 5.54 Å². The molecule has 8 nitrogen and oxygen atoms in total. The molecule has 1 aromatic carbocycles. The standard InChI is InChI=1S/C27H29FN6O2/c1-26(29)9-11-34(23(35)14-26)18-4-5-22(31-15-18)33-25-30-10-6-21(32-25)17-12-19-24(20(28)13-17)36-16-27(19)7-2-3-8-27/h4-6,10,12-13,15H,2-3,7-9,11,14,16,29H2,1H3,(H,30,31,32,33). The van der Waals surface area contributed by atoms with Crippen molar-refractivity contribution < 1.29 is 13.9 Å². The minimum atomic E-state index is -0.461. The van der Waals surface area contributed by atoms with Gasteiger partial charge in [-0.25, -0.2) is 19.3 Å². The molecular weight excluding hydrogens is 459 g/mol. The summed E-state index contributed by atoms with van der Waals surface area (Å²) in [5, 5.41) is 3.11. The van der Waals surface area contributed by atoms with Crippen LogP contribution in [0.2, 0.25) is 0 Å². The number of carbonyl (C=O) groups is 1. The van der Waals surface area contributed by atoms with Crippen LogP contribution in [0.1, 0.15) is 51.0 Å². The van der Waals surface area contributed by atoms with E-state index >= 15 is 0 Å². The Kier molecular flexibility index (Phi) is 5.40. The highest BCUT2D eigenvalue weighted by Gasteiger charge is 2.44. The molecule has 1 atom stereocenters. The fourth-order valence-electron chi connectivity index (χ4n) is 5.64. The van der Waals surface area contributed by atoms with Crippen LogP contribution >= 0.6 is 0 Å². The van der Waals surface area contributed by atoms with E-state index in [4.69, 9.17) is 10.5 Å². The van der Waals surface area contributed by atoms with Crippen LogP contribution in [0.3, 0.4) is 0 Å². The van der Waals surface area contributed by atoms with Crippen molar-refractivity contribution >= 4 is 23.4 Å². The zero-order valence-electron chi connectivity index (χ0n) is 20.3. The second-order valence-corrected chi connectivity index (χ2v) is 10.5. The number of benzene rings is 1. The molecule has 3 N–H and O–H groups in total. The number of anilines is 3. The molecule has 1 saturated heterocycles. The molecule has 3 aliphatic rings. The van der Waals surface area contributed by atoms with Crippen LogP contribution in [0.5, 0.6) is 5.75 Å². The van der Waals surface area contributed by atoms with E-state index in [-0.39, 0.29) is 17.1 Å². The van der Waals surface area contributed by atoms with Gasteiger partial charge in [0.1, 0.15) is 5.82 Å². The number of pyridine rings is 1. The first-order valence-corrected chi connectivity index (χ1v) is 12.4. The monoisotopic (exact) mass is 488 g/mol. The van der Waals surface area contributed by atoms with Gasteiger partial charge in [0.2, 0.25) is 11.9 Å². The fraction of sp³-hybridized carbons (Fsp3) is 0.407. The molecule has 186 valence electrons. The molecule has 9 heteroatoms. The van der Waals surface area contributed by atoms with E-state index in [1.54, 1.807) is 29.4 Å². The fourth-order valence-corrected chi connectivity index (χ4v) is 5.64. The Morgan fingerprint density at radius 2 is 1.97 bits per heavy atom. The molecule has 1 aliphatic carbocycles. The number of halogens is 1. The van der Waals surface area contributed by atoms with Crippen molar-refractivity contribution in [2.75, 3.05) is 23.4 Å². The smallest absolute Gasteiger partial charge is 0.228 e. The summed E-state index contributed by atoms with van der Waals surface area (Å²) in [7, 11) is 0. The minimum absolute atomic E-state index is 0.00356. The second-order valence-electron chi connectivity index (χ2n) is 10.5. The molecule has 2 aromatic heterocycles. The SMILES string of the molecule is CC1(N)CCN(c2ccc(Nc3nccc(-c4cc(F)c5c(c4)C4(CCCC4)CO5)n3)nc2)C(=O)C1. The highest BCUT2D eigenvalue weighted by molar-refractivity contribution is 5.94. The predicted molar refractivity (Wildman–Crippen MR) is 135 cm³/mol. The number of nitrogens with one attached hydrogen (secondary N) is 1. The van der Waals surface area contributed by atoms with Gasteiger partial charge in [-0.05, 0) is 56.5 Å². The maximum atomic E-state index is 15.0. The van der Waals surface area contributed by atoms with Crippen molar-refractivity contribution in [2.45, 2.75) is 56.4 Å². The Hall–Kier alpha value is -3.59. The number of amides is 1. The average molecular weight is 489 g/mol. The van der Waals surface area contributed by atoms with Gasteiger partial charge in [-0.2, -0.15) is 0 Å². The van der Waals surface area contributed by atoms with Crippen LogP contribution in [-0.2, 0) is 10.2 Å². The third-order valence-corrected chi connectivity index (χ3v) is 7.68. The first-order chi connectivity index (χ1) is 17.3. The van der Waals surface area contributed by atoms with Crippen LogP contribution in [-0.4, -0.2) is 39.5 Å². The number of rotatable bonds is 4. The largest absolute Gasteiger partial charge is 0.489 e. The van der Waals surface area contributed by atoms with Crippen LogP contribution < -0.4 is 20.7 Å². The highest BCUT2D eigenvalue weighted by atomic mass is 19.1. The first-order valence-electron chi connectivity index (χ1n) is 12.4. The van der Waals surface area contributed by atoms with Gasteiger partial charge in [0.15, 0.2) is 11.6 Å². The molecule has 1 unspecified atom stereocenters. The van der Waals surface area contributed by atoms with Crippen molar-refractivity contribution in [3.05, 3.63) is 54.1 Å². The van der Waals surface area contributed by atoms with Crippen molar-refractivity contribution in [1.82, 2.24) is 15.0 Å². The van der Waals surface area contributed by atoms with Gasteiger partial charge >= 0.3 is 0 Å². The van der Waals surface area contributed by atoms with Crippen LogP contribution in [0.15, 0.2) is 42.7 Å². The van der Waals surface area contributed by atoms with Gasteiger partial charge in [0.25, 0.3) is 0 Å². The Morgan fingerprint density at radius 3 is 2.72 bits per heavy atom. The number of aromatic nitrogens is 3. The lowest BCUT2D eigenvalue weighted by atomic mass is 9.80. The van der Waals surface area contributed by atoms with E-state index in [2.05, 4.69) is 20.3 Å². The summed E-state index contributed by atoms with van der Waals surface area (Å²) < 4.78 is 20.7. The second kappa shape index (κ2) is 8.51. The van der Waals surface area contributed by atoms with E-state index in [1.165, 1.54) is 6.07 Å². The average Bonchev–Trinajstić information content (AvgIpc) is 3.48. The molecular formula is C27H29FN6O2. The van der Waals surface area contributed by atoms with Crippen molar-refractivity contribution in [3.8, 4) is 17.0 Å². The topological polar surface area (TPSA) is 106 Å². The summed E-state index contributed by atoms with van der Waals surface area (Å²) in [5.41, 5.74) is 8.59. The molecule has 2 aliphatic heterocycles. The molecule has 2 fully saturated rings. The van der Waals surface area contributed by atoms with Gasteiger partial charge in [-0.1, -0.05) is 12.8 Å². The minimum Gasteiger partial charge on any atom is -0.489 e. The van der Waals surface area contributed by atoms with Gasteiger partial charge in [0, 0.05) is 41.2 Å². The predicted octanol–water partition coefficient (Wildman–Crippen LogP) is 4.47. The van der Waals surface area contributed by atoms with Gasteiger partial charge < -0.3 is 20.7 Å². The molecule has 1 spiro atoms. The van der Waals surface area contributed by atoms with Crippen molar-refractivity contribution in [1.29, 1.82) is 0 Å². The van der Waals surface area contributed by atoms with Crippen molar-refractivity contribution in [3.63, 3.8) is 0 Å². The summed E-state index contributed by atoms with van der Waals surface area (Å²) >= 11 is 0. The summed E-state index contributed by atoms with van der Waals surface area (Å²) in [4.78, 5) is 27.6. The first kappa shape index (κ1) is 22.8. The van der Waals surface area contributed by atoms with E-state index in [1.807, 2.05) is 19.1 Å². The van der Waals surface area contributed by atoms with E-state index in [9.17, 15) is 9.18 Å². The quantitative estimate of drug-likeness (QED) is 0.558. The summed E-state index contributed by atoms with van der Waals surface area (Å²) in [5.74, 6) is 0.937. The maximum Gasteiger partial charge on any atom is 0.228 e. The van der Waals surface area contributed by atoms with Gasteiger partial charge in [-0.3, -0.25) is 4.79 Å². The number of hydrogen-bond acceptors (Lipinski definition) is 7. The van der Waals surface area contributed by atoms with Crippen LogP contribution in [0.25, 0.3) is 11.3 Å². The zero-order valence-corrected chi connectivity index (χ0v) is 20.3. The van der Waals surface area contributed by atoms with Gasteiger partial charge in [-0.15, -0.1) is 0 Å². The number of hydrogen-bond donors (Lipinski definition) is 2. The number of nitrogens with zero attached hydrogens (tertiary/aromatic N) is 4. The third kappa shape index (κ3) is 4.07. The molecule has 0 bridgehead atoms. The summed E-state index contributed by atoms with van der Waals surface area (Å²) in [6.07, 6.45) is 8.66. The molecule has 1 saturated carbocycles. The van der Waals surface area contributed by atoms with Crippen molar-refractivity contribution in [2.24, 2.45) is 5.73 Å². The Balaban J connectivity index is 1.22. The highest BCUT2D eigenvalue weighted by Crippen LogP contribution is 2.51. The molecule has 3 aromatic rings. The normalized spacial score (nSPS) is 22.5. The van der Waals surface area contributed by atoms with Gasteiger partial charge in [0.05, 0.1) is 24.2 Å². The number of fused-ring (bicyclic) bond motifs is 2. The number of nitrogens with two attached hydrogens (primary N) is 1. The molecule has 4 heterocycles. The van der Waals surface area contributed by atoms with Crippen LogP contribution in [0, 0.1) is 5.82 Å². The molecule has 6 rings (SSSR count). The summed E-state index contributed by atoms with van der Waals surface area (Å²) in [6.45, 7) is 3.02. The zero-order chi connectivity index (χ0) is 24.9. The Labute approximate surface area is 209 Å². The molecule has 36 heavy (non-hydrogen) atoms. The molecule has 0 radical (unpaired) electrons. The lowest BCUT2D eigenvalue weighted by Gasteiger charge is -2.36. The van der Waals surface area contributed by atoms with Crippen LogP contribution in [0.4, 0.5) is 21.8 Å². The van der Waals surface area contributed by atoms with E-state index in [0.717, 1.165) is 43.4 Å². The number of piperidine rings is 1.